The molecule has 1 amide bonds. The number of nitrogens with zero attached hydrogens (tertiary/aromatic N) is 7. The number of H-pyrrole nitrogens is 1. The average Bonchev–Trinajstić information content (AvgIpc) is 4.04. The molecule has 5 aromatic rings. The Balaban J connectivity index is 1.23. The molecule has 21 nitrogen and oxygen atoms in total. The number of hydrogen-bond donors (Lipinski definition) is 3. The van der Waals surface area contributed by atoms with Crippen LogP contribution >= 0.6 is 13.4 Å². The number of carbonyl (C=O) groups excluding carboxylic acids is 1. The molecule has 3 N–H and O–H groups in total. The van der Waals surface area contributed by atoms with Crippen molar-refractivity contribution in [3.05, 3.63) is 77.2 Å². The highest BCUT2D eigenvalue weighted by molar-refractivity contribution is 8.07. The molecule has 0 saturated carbocycles. The molecule has 2 unspecified atom stereocenters. The molecule has 0 radical (unpaired) electrons. The van der Waals surface area contributed by atoms with Crippen LogP contribution in [0, 0.1) is 17.1 Å². The van der Waals surface area contributed by atoms with Crippen molar-refractivity contribution in [1.82, 2.24) is 34.1 Å². The van der Waals surface area contributed by atoms with Gasteiger partial charge in [0.15, 0.2) is 57.5 Å². The number of ether oxygens (including phenoxy) is 2. The number of amides is 1. The topological polar surface area (TPSA) is 250 Å². The Kier molecular flexibility index (Phi) is 15.3. The Morgan fingerprint density at radius 3 is 2.25 bits per heavy atom. The van der Waals surface area contributed by atoms with E-state index < -0.39 is 103 Å². The van der Waals surface area contributed by atoms with Crippen LogP contribution in [0.1, 0.15) is 70.8 Å². The Hall–Kier alpha value is -3.59. The quantitative estimate of drug-likeness (QED) is 0.0650. The van der Waals surface area contributed by atoms with Gasteiger partial charge in [0.25, 0.3) is 11.5 Å². The highest BCUT2D eigenvalue weighted by Gasteiger charge is 2.57. The Morgan fingerprint density at radius 1 is 0.915 bits per heavy atom. The van der Waals surface area contributed by atoms with Gasteiger partial charge in [-0.15, -0.1) is 0 Å². The summed E-state index contributed by atoms with van der Waals surface area (Å²) in [5, 5.41) is 11.4. The normalized spacial score (nSPS) is 29.0. The van der Waals surface area contributed by atoms with Gasteiger partial charge in [-0.05, 0) is 72.0 Å². The number of aromatic amines is 1. The monoisotopic (exact) mass is 1090 g/mol. The molecule has 1 aromatic carbocycles. The zero-order valence-electron chi connectivity index (χ0n) is 40.8. The first kappa shape index (κ1) is 53.7. The lowest BCUT2D eigenvalue weighted by atomic mass is 10.1. The van der Waals surface area contributed by atoms with Crippen LogP contribution in [0.15, 0.2) is 60.3 Å². The summed E-state index contributed by atoms with van der Waals surface area (Å²) in [4.78, 5) is 58.6. The zero-order chi connectivity index (χ0) is 51.5. The van der Waals surface area contributed by atoms with Crippen molar-refractivity contribution in [2.75, 3.05) is 25.1 Å². The number of halogens is 1. The van der Waals surface area contributed by atoms with Crippen molar-refractivity contribution in [3.63, 3.8) is 0 Å². The summed E-state index contributed by atoms with van der Waals surface area (Å²) < 4.78 is 78.9. The van der Waals surface area contributed by atoms with Gasteiger partial charge in [-0.1, -0.05) is 59.7 Å². The minimum Gasteiger partial charge on any atom is -0.408 e. The van der Waals surface area contributed by atoms with Crippen molar-refractivity contribution >= 4 is 87.6 Å². The molecule has 3 saturated heterocycles. The first-order valence-electron chi connectivity index (χ1n) is 22.8. The standard InChI is InChI=1S/C43H58FN9O12P2S2Si2/c1-42(2,3)70(7,8)64-32-28-21-59-67(69,57-18-14-17-45)63-31-27(20-58-66(56,68)62-33(32)40(61-28)52-19-26(44)29-36(52)47-23-49-39(29)55)60-41(34(31)65-71(9,10)43(4,5)6)53-24-50-30-35(46-22-48-37(30)53)51-38(54)25-15-12-11-13-16-25/h11-13,15-16,19,22-24,27-28,31-34,40-41H,14,18,20-21H2,1-10H3,(H,56,68)(H,47,49,55)(H,46,48,51,54)/t27-,28-,31-,32-,33-,34-,40-,41-,66?,67?/m1/s1. The van der Waals surface area contributed by atoms with E-state index in [9.17, 15) is 19.7 Å². The van der Waals surface area contributed by atoms with E-state index in [0.717, 1.165) is 12.5 Å². The van der Waals surface area contributed by atoms with Gasteiger partial charge in [-0.25, -0.2) is 24.3 Å². The van der Waals surface area contributed by atoms with Crippen LogP contribution in [0.2, 0.25) is 36.3 Å². The first-order chi connectivity index (χ1) is 33.2. The van der Waals surface area contributed by atoms with E-state index in [1.165, 1.54) is 17.2 Å². The van der Waals surface area contributed by atoms with Gasteiger partial charge >= 0.3 is 13.4 Å². The van der Waals surface area contributed by atoms with Gasteiger partial charge in [0.2, 0.25) is 0 Å². The molecular weight excluding hydrogens is 1040 g/mol. The van der Waals surface area contributed by atoms with Crippen LogP contribution in [0.3, 0.4) is 0 Å². The fourth-order valence-electron chi connectivity index (χ4n) is 7.78. The fraction of sp³-hybridized carbons (Fsp3) is 0.558. The van der Waals surface area contributed by atoms with Gasteiger partial charge in [-0.3, -0.25) is 23.2 Å². The molecule has 7 heterocycles. The fourth-order valence-corrected chi connectivity index (χ4v) is 13.9. The molecular formula is C43H58FN9O12P2S2Si2. The molecule has 0 aliphatic carbocycles. The lowest BCUT2D eigenvalue weighted by molar-refractivity contribution is -0.0614. The van der Waals surface area contributed by atoms with E-state index >= 15 is 4.39 Å². The van der Waals surface area contributed by atoms with E-state index in [1.807, 2.05) is 33.9 Å². The highest BCUT2D eigenvalue weighted by Crippen LogP contribution is 2.58. The SMILES string of the molecule is CC(C)(C)[Si](C)(C)O[C@@H]1[C@@H]2OP(=S)(OCCC#N)OC[C@H]3O[C@@H](n4cc(F)c5c(=O)[nH]cnc54)[C@H](OP(O)(=S)OC[C@H]2O[C@H]1n1cnc2c(NC(=O)c4ccccc4)ncnc21)[C@@H]3O[Si](C)(C)C(C)(C)C. The average molecular weight is 1090 g/mol. The van der Waals surface area contributed by atoms with Crippen molar-refractivity contribution in [1.29, 1.82) is 5.26 Å². The van der Waals surface area contributed by atoms with Crippen LogP contribution in [-0.4, -0.2) is 118 Å². The molecule has 3 fully saturated rings. The van der Waals surface area contributed by atoms with Crippen LogP contribution in [0.5, 0.6) is 0 Å². The van der Waals surface area contributed by atoms with Crippen molar-refractivity contribution in [3.8, 4) is 6.07 Å². The minimum absolute atomic E-state index is 0.0733. The van der Waals surface area contributed by atoms with Crippen molar-refractivity contribution in [2.24, 2.45) is 0 Å². The second-order valence-electron chi connectivity index (χ2n) is 20.4. The number of benzene rings is 1. The molecule has 4 aromatic heterocycles. The minimum atomic E-state index is -4.40. The third-order valence-corrected chi connectivity index (χ3v) is 26.4. The van der Waals surface area contributed by atoms with Gasteiger partial charge in [0, 0.05) is 11.8 Å². The summed E-state index contributed by atoms with van der Waals surface area (Å²) >= 11 is 12.0. The van der Waals surface area contributed by atoms with Crippen molar-refractivity contribution < 1.29 is 55.0 Å². The first-order valence-corrected chi connectivity index (χ1v) is 33.7. The number of nitrogens with one attached hydrogen (secondary N) is 2. The molecule has 3 aliphatic heterocycles. The van der Waals surface area contributed by atoms with Crippen LogP contribution in [0.25, 0.3) is 22.2 Å². The second kappa shape index (κ2) is 20.3. The number of anilines is 1. The summed E-state index contributed by atoms with van der Waals surface area (Å²) in [6, 6.07) is 10.7. The summed E-state index contributed by atoms with van der Waals surface area (Å²) in [5.74, 6) is -1.16. The van der Waals surface area contributed by atoms with Crippen molar-refractivity contribution in [2.45, 2.75) is 133 Å². The second-order valence-corrected chi connectivity index (χ2v) is 35.7. The summed E-state index contributed by atoms with van der Waals surface area (Å²) in [6.07, 6.45) is -4.44. The van der Waals surface area contributed by atoms with Gasteiger partial charge in [0.1, 0.15) is 48.3 Å². The third-order valence-electron chi connectivity index (χ3n) is 13.6. The molecule has 0 spiro atoms. The van der Waals surface area contributed by atoms with Crippen LogP contribution in [-0.2, 0) is 64.6 Å². The van der Waals surface area contributed by atoms with E-state index in [2.05, 4.69) is 70.2 Å². The maximum atomic E-state index is 15.7. The zero-order valence-corrected chi connectivity index (χ0v) is 46.2. The third kappa shape index (κ3) is 11.1. The maximum absolute atomic E-state index is 15.7. The Bertz CT molecular complexity index is 2990. The summed E-state index contributed by atoms with van der Waals surface area (Å²) in [5.41, 5.74) is 0.103. The number of aromatic nitrogens is 7. The number of carbonyl (C=O) groups is 1. The molecule has 8 rings (SSSR count). The number of rotatable bonds is 11. The smallest absolute Gasteiger partial charge is 0.327 e. The molecule has 384 valence electrons. The molecule has 3 aliphatic rings. The van der Waals surface area contributed by atoms with Gasteiger partial charge in [-0.2, -0.15) is 5.26 Å². The molecule has 10 atom stereocenters. The van der Waals surface area contributed by atoms with E-state index in [4.69, 9.17) is 64.6 Å². The van der Waals surface area contributed by atoms with E-state index in [0.29, 0.717) is 5.56 Å². The summed E-state index contributed by atoms with van der Waals surface area (Å²) in [6.45, 7) is 11.0. The lowest BCUT2D eigenvalue weighted by Gasteiger charge is -2.41. The highest BCUT2D eigenvalue weighted by atomic mass is 32.5. The maximum Gasteiger partial charge on any atom is 0.327 e. The number of hydrogen-bond acceptors (Lipinski definition) is 18. The molecule has 71 heavy (non-hydrogen) atoms. The van der Waals surface area contributed by atoms with Crippen LogP contribution in [0.4, 0.5) is 10.2 Å². The van der Waals surface area contributed by atoms with E-state index in [-0.39, 0.29) is 57.7 Å². The van der Waals surface area contributed by atoms with E-state index in [1.54, 1.807) is 34.9 Å². The molecule has 2 bridgehead atoms. The number of nitriles is 1. The Morgan fingerprint density at radius 2 is 1.58 bits per heavy atom. The Labute approximate surface area is 421 Å². The predicted molar refractivity (Wildman–Crippen MR) is 271 cm³/mol. The van der Waals surface area contributed by atoms with Crippen LogP contribution < -0.4 is 10.9 Å². The largest absolute Gasteiger partial charge is 0.408 e. The van der Waals surface area contributed by atoms with Gasteiger partial charge in [0.05, 0.1) is 45.0 Å². The molecule has 28 heteroatoms. The summed E-state index contributed by atoms with van der Waals surface area (Å²) in [7, 11) is -5.57. The van der Waals surface area contributed by atoms with Gasteiger partial charge < -0.3 is 51.7 Å². The predicted octanol–water partition coefficient (Wildman–Crippen LogP) is 7.72. The lowest BCUT2D eigenvalue weighted by Crippen LogP contribution is -2.50. The number of imidazole rings is 1. The number of fused-ring (bicyclic) bond motifs is 5.